The second kappa shape index (κ2) is 10.5. The van der Waals surface area contributed by atoms with Gasteiger partial charge in [0.15, 0.2) is 10.9 Å². The number of nitrogens with zero attached hydrogens (tertiary/aromatic N) is 3. The number of aryl methyl sites for hydroxylation is 1. The lowest BCUT2D eigenvalue weighted by Gasteiger charge is -2.22. The molecule has 0 N–H and O–H groups in total. The van der Waals surface area contributed by atoms with Gasteiger partial charge in [-0.05, 0) is 35.7 Å². The van der Waals surface area contributed by atoms with Gasteiger partial charge in [-0.1, -0.05) is 78.0 Å². The van der Waals surface area contributed by atoms with E-state index in [1.54, 1.807) is 17.2 Å². The lowest BCUT2D eigenvalue weighted by atomic mass is 10.1. The molecule has 32 heavy (non-hydrogen) atoms. The summed E-state index contributed by atoms with van der Waals surface area (Å²) >= 11 is 7.84. The van der Waals surface area contributed by atoms with Gasteiger partial charge in [0.2, 0.25) is 0 Å². The number of benzene rings is 2. The SMILES string of the molecule is Cc1ccccc1CSc1ncc(Cl)c(C(=O)N(Cc2ccccc2)Cc2ccco2)n1. The van der Waals surface area contributed by atoms with Gasteiger partial charge in [0.25, 0.3) is 5.91 Å². The molecule has 162 valence electrons. The van der Waals surface area contributed by atoms with Crippen molar-refractivity contribution in [1.82, 2.24) is 14.9 Å². The Balaban J connectivity index is 1.56. The van der Waals surface area contributed by atoms with Gasteiger partial charge in [-0.25, -0.2) is 9.97 Å². The topological polar surface area (TPSA) is 59.2 Å². The molecule has 0 spiro atoms. The smallest absolute Gasteiger partial charge is 0.274 e. The molecule has 0 aliphatic rings. The van der Waals surface area contributed by atoms with Crippen molar-refractivity contribution in [2.45, 2.75) is 30.9 Å². The number of thioether (sulfide) groups is 1. The molecule has 0 radical (unpaired) electrons. The summed E-state index contributed by atoms with van der Waals surface area (Å²) in [5, 5.41) is 0.742. The number of halogens is 1. The number of carbonyl (C=O) groups is 1. The normalized spacial score (nSPS) is 10.8. The van der Waals surface area contributed by atoms with Crippen molar-refractivity contribution in [3.63, 3.8) is 0 Å². The quantitative estimate of drug-likeness (QED) is 0.231. The third-order valence-electron chi connectivity index (χ3n) is 4.97. The van der Waals surface area contributed by atoms with E-state index in [2.05, 4.69) is 29.0 Å². The zero-order chi connectivity index (χ0) is 22.3. The highest BCUT2D eigenvalue weighted by Gasteiger charge is 2.23. The zero-order valence-electron chi connectivity index (χ0n) is 17.6. The minimum absolute atomic E-state index is 0.191. The molecule has 1 amide bonds. The molecule has 0 aliphatic carbocycles. The van der Waals surface area contributed by atoms with Crippen molar-refractivity contribution in [2.24, 2.45) is 0 Å². The summed E-state index contributed by atoms with van der Waals surface area (Å²) in [4.78, 5) is 24.0. The van der Waals surface area contributed by atoms with Crippen molar-refractivity contribution in [1.29, 1.82) is 0 Å². The molecule has 7 heteroatoms. The molecule has 4 rings (SSSR count). The maximum atomic E-state index is 13.5. The average molecular weight is 464 g/mol. The van der Waals surface area contributed by atoms with E-state index in [9.17, 15) is 4.79 Å². The molecule has 0 bridgehead atoms. The van der Waals surface area contributed by atoms with Gasteiger partial charge in [-0.2, -0.15) is 0 Å². The highest BCUT2D eigenvalue weighted by molar-refractivity contribution is 7.98. The first-order valence-electron chi connectivity index (χ1n) is 10.2. The molecule has 5 nitrogen and oxygen atoms in total. The van der Waals surface area contributed by atoms with Crippen LogP contribution in [0.2, 0.25) is 5.02 Å². The highest BCUT2D eigenvalue weighted by atomic mass is 35.5. The Morgan fingerprint density at radius 3 is 2.56 bits per heavy atom. The number of amides is 1. The van der Waals surface area contributed by atoms with E-state index < -0.39 is 0 Å². The van der Waals surface area contributed by atoms with Crippen LogP contribution in [0.1, 0.15) is 32.9 Å². The Bertz CT molecular complexity index is 1180. The first-order valence-corrected chi connectivity index (χ1v) is 11.5. The third-order valence-corrected chi connectivity index (χ3v) is 6.16. The molecule has 2 heterocycles. The molecule has 2 aromatic heterocycles. The van der Waals surface area contributed by atoms with E-state index >= 15 is 0 Å². The Labute approximate surface area is 196 Å². The Morgan fingerprint density at radius 1 is 1.03 bits per heavy atom. The van der Waals surface area contributed by atoms with Crippen molar-refractivity contribution < 1.29 is 9.21 Å². The van der Waals surface area contributed by atoms with Crippen molar-refractivity contribution in [3.05, 3.63) is 112 Å². The van der Waals surface area contributed by atoms with Crippen molar-refractivity contribution in [3.8, 4) is 0 Å². The third kappa shape index (κ3) is 5.58. The van der Waals surface area contributed by atoms with Gasteiger partial charge < -0.3 is 9.32 Å². The van der Waals surface area contributed by atoms with E-state index in [0.29, 0.717) is 29.8 Å². The van der Waals surface area contributed by atoms with Crippen LogP contribution in [0.4, 0.5) is 0 Å². The number of furan rings is 1. The number of hydrogen-bond donors (Lipinski definition) is 0. The van der Waals surface area contributed by atoms with Crippen LogP contribution in [-0.4, -0.2) is 20.8 Å². The second-order valence-electron chi connectivity index (χ2n) is 7.29. The van der Waals surface area contributed by atoms with E-state index in [4.69, 9.17) is 16.0 Å². The Hall–Kier alpha value is -3.09. The lowest BCUT2D eigenvalue weighted by molar-refractivity contribution is 0.0710. The number of carbonyl (C=O) groups excluding carboxylic acids is 1. The van der Waals surface area contributed by atoms with Crippen LogP contribution in [0.3, 0.4) is 0 Å². The minimum Gasteiger partial charge on any atom is -0.467 e. The van der Waals surface area contributed by atoms with Crippen molar-refractivity contribution >= 4 is 29.3 Å². The Morgan fingerprint density at radius 2 is 1.81 bits per heavy atom. The fourth-order valence-corrected chi connectivity index (χ4v) is 4.29. The van der Waals surface area contributed by atoms with Crippen LogP contribution in [0.25, 0.3) is 0 Å². The van der Waals surface area contributed by atoms with Crippen LogP contribution in [0, 0.1) is 6.92 Å². The predicted molar refractivity (Wildman–Crippen MR) is 127 cm³/mol. The maximum Gasteiger partial charge on any atom is 0.274 e. The Kier molecular flexibility index (Phi) is 7.24. The van der Waals surface area contributed by atoms with Gasteiger partial charge in [-0.3, -0.25) is 4.79 Å². The van der Waals surface area contributed by atoms with E-state index in [1.807, 2.05) is 48.5 Å². The van der Waals surface area contributed by atoms with Crippen LogP contribution in [0.15, 0.2) is 88.8 Å². The second-order valence-corrected chi connectivity index (χ2v) is 8.64. The molecule has 0 fully saturated rings. The summed E-state index contributed by atoms with van der Waals surface area (Å²) in [6.07, 6.45) is 3.09. The number of aromatic nitrogens is 2. The molecule has 0 unspecified atom stereocenters. The fourth-order valence-electron chi connectivity index (χ4n) is 3.23. The highest BCUT2D eigenvalue weighted by Crippen LogP contribution is 2.25. The van der Waals surface area contributed by atoms with Gasteiger partial charge in [-0.15, -0.1) is 0 Å². The van der Waals surface area contributed by atoms with Gasteiger partial charge in [0, 0.05) is 12.3 Å². The van der Waals surface area contributed by atoms with Crippen LogP contribution < -0.4 is 0 Å². The van der Waals surface area contributed by atoms with Gasteiger partial charge >= 0.3 is 0 Å². The standard InChI is InChI=1S/C25H22ClN3O2S/c1-18-8-5-6-11-20(18)17-32-25-27-14-22(26)23(28-25)24(30)29(16-21-12-7-13-31-21)15-19-9-3-2-4-10-19/h2-14H,15-17H2,1H3. The molecule has 0 saturated carbocycles. The van der Waals surface area contributed by atoms with Crippen LogP contribution in [0.5, 0.6) is 0 Å². The molecule has 2 aromatic carbocycles. The number of hydrogen-bond acceptors (Lipinski definition) is 5. The van der Waals surface area contributed by atoms with Crippen molar-refractivity contribution in [2.75, 3.05) is 0 Å². The summed E-state index contributed by atoms with van der Waals surface area (Å²) in [6, 6.07) is 21.6. The summed E-state index contributed by atoms with van der Waals surface area (Å²) < 4.78 is 5.48. The fraction of sp³-hybridized carbons (Fsp3) is 0.160. The van der Waals surface area contributed by atoms with E-state index in [0.717, 1.165) is 5.56 Å². The molecular formula is C25H22ClN3O2S. The lowest BCUT2D eigenvalue weighted by Crippen LogP contribution is -2.31. The summed E-state index contributed by atoms with van der Waals surface area (Å²) in [5.74, 6) is 1.13. The van der Waals surface area contributed by atoms with E-state index in [-0.39, 0.29) is 16.6 Å². The van der Waals surface area contributed by atoms with E-state index in [1.165, 1.54) is 29.1 Å². The molecular weight excluding hydrogens is 442 g/mol. The largest absolute Gasteiger partial charge is 0.467 e. The van der Waals surface area contributed by atoms with Crippen LogP contribution in [-0.2, 0) is 18.8 Å². The first-order chi connectivity index (χ1) is 15.6. The molecule has 0 saturated heterocycles. The van der Waals surface area contributed by atoms with Gasteiger partial charge in [0.1, 0.15) is 5.76 Å². The average Bonchev–Trinajstić information content (AvgIpc) is 3.32. The maximum absolute atomic E-state index is 13.5. The number of rotatable bonds is 8. The van der Waals surface area contributed by atoms with Gasteiger partial charge in [0.05, 0.1) is 24.0 Å². The zero-order valence-corrected chi connectivity index (χ0v) is 19.1. The molecule has 0 aliphatic heterocycles. The molecule has 0 atom stereocenters. The van der Waals surface area contributed by atoms with Crippen LogP contribution >= 0.6 is 23.4 Å². The monoisotopic (exact) mass is 463 g/mol. The summed E-state index contributed by atoms with van der Waals surface area (Å²) in [6.45, 7) is 2.79. The first kappa shape index (κ1) is 22.1. The predicted octanol–water partition coefficient (Wildman–Crippen LogP) is 6.17. The molecule has 4 aromatic rings. The minimum atomic E-state index is -0.268. The summed E-state index contributed by atoms with van der Waals surface area (Å²) in [7, 11) is 0. The summed E-state index contributed by atoms with van der Waals surface area (Å²) in [5.41, 5.74) is 3.60.